The molecule has 1 atom stereocenters. The molecule has 7 nitrogen and oxygen atoms in total. The van der Waals surface area contributed by atoms with Crippen LogP contribution < -0.4 is 20.3 Å². The smallest absolute Gasteiger partial charge is 0.208 e. The van der Waals surface area contributed by atoms with E-state index < -0.39 is 10.0 Å². The first-order chi connectivity index (χ1) is 11.9. The third-order valence-corrected chi connectivity index (χ3v) is 4.89. The fourth-order valence-electron chi connectivity index (χ4n) is 2.81. The van der Waals surface area contributed by atoms with Crippen LogP contribution in [0.15, 0.2) is 29.3 Å². The molecule has 2 rings (SSSR count). The minimum atomic E-state index is -3.11. The molecule has 0 aliphatic carbocycles. The lowest BCUT2D eigenvalue weighted by Crippen LogP contribution is -2.45. The predicted octanol–water partition coefficient (Wildman–Crippen LogP) is 0.678. The van der Waals surface area contributed by atoms with E-state index in [1.807, 2.05) is 0 Å². The quantitative estimate of drug-likeness (QED) is 0.375. The van der Waals surface area contributed by atoms with Gasteiger partial charge in [0.15, 0.2) is 5.96 Å². The van der Waals surface area contributed by atoms with E-state index in [1.54, 1.807) is 7.05 Å². The van der Waals surface area contributed by atoms with Gasteiger partial charge in [0.25, 0.3) is 0 Å². The van der Waals surface area contributed by atoms with Crippen LogP contribution in [0.25, 0.3) is 0 Å². The molecule has 1 aliphatic rings. The van der Waals surface area contributed by atoms with Gasteiger partial charge < -0.3 is 15.5 Å². The van der Waals surface area contributed by atoms with E-state index in [1.165, 1.54) is 17.5 Å². The standard InChI is InChI=1S/C17H29N5O2S/c1-14-5-7-16(8-6-14)22-12-9-15(13-22)21-17(18-2)19-10-4-11-20-25(3,23)24/h5-8,15,20H,4,9-13H2,1-3H3,(H2,18,19,21). The first-order valence-corrected chi connectivity index (χ1v) is 10.5. The van der Waals surface area contributed by atoms with E-state index >= 15 is 0 Å². The Hall–Kier alpha value is -1.80. The number of guanidine groups is 1. The zero-order valence-electron chi connectivity index (χ0n) is 15.2. The number of nitrogens with one attached hydrogen (secondary N) is 3. The van der Waals surface area contributed by atoms with Crippen LogP contribution in [0.5, 0.6) is 0 Å². The first-order valence-electron chi connectivity index (χ1n) is 8.61. The maximum Gasteiger partial charge on any atom is 0.208 e. The number of anilines is 1. The highest BCUT2D eigenvalue weighted by molar-refractivity contribution is 7.88. The summed E-state index contributed by atoms with van der Waals surface area (Å²) in [6.45, 7) is 5.15. The Kier molecular flexibility index (Phi) is 7.07. The van der Waals surface area contributed by atoms with Gasteiger partial charge in [-0.25, -0.2) is 13.1 Å². The third-order valence-electron chi connectivity index (χ3n) is 4.16. The highest BCUT2D eigenvalue weighted by atomic mass is 32.2. The molecule has 0 aromatic heterocycles. The Morgan fingerprint density at radius 2 is 2.00 bits per heavy atom. The van der Waals surface area contributed by atoms with E-state index in [0.29, 0.717) is 25.6 Å². The number of aliphatic imine (C=N–C) groups is 1. The second-order valence-electron chi connectivity index (χ2n) is 6.43. The van der Waals surface area contributed by atoms with E-state index in [0.717, 1.165) is 25.5 Å². The summed E-state index contributed by atoms with van der Waals surface area (Å²) >= 11 is 0. The largest absolute Gasteiger partial charge is 0.369 e. The Labute approximate surface area is 151 Å². The summed E-state index contributed by atoms with van der Waals surface area (Å²) in [5.41, 5.74) is 2.53. The number of nitrogens with zero attached hydrogens (tertiary/aromatic N) is 2. The van der Waals surface area contributed by atoms with E-state index in [-0.39, 0.29) is 0 Å². The van der Waals surface area contributed by atoms with Gasteiger partial charge in [-0.05, 0) is 31.9 Å². The summed E-state index contributed by atoms with van der Waals surface area (Å²) in [5.74, 6) is 0.759. The normalized spacial score (nSPS) is 18.4. The van der Waals surface area contributed by atoms with Crippen LogP contribution in [0.2, 0.25) is 0 Å². The van der Waals surface area contributed by atoms with Crippen molar-refractivity contribution in [2.24, 2.45) is 4.99 Å². The molecule has 8 heteroatoms. The molecular formula is C17H29N5O2S. The molecule has 1 unspecified atom stereocenters. The molecule has 140 valence electrons. The van der Waals surface area contributed by atoms with Crippen LogP contribution in [0.1, 0.15) is 18.4 Å². The molecule has 0 amide bonds. The molecule has 1 aromatic carbocycles. The number of sulfonamides is 1. The van der Waals surface area contributed by atoms with Crippen molar-refractivity contribution in [2.75, 3.05) is 44.4 Å². The lowest BCUT2D eigenvalue weighted by atomic mass is 10.2. The average molecular weight is 368 g/mol. The summed E-state index contributed by atoms with van der Waals surface area (Å²) in [7, 11) is -1.37. The Balaban J connectivity index is 1.72. The van der Waals surface area contributed by atoms with Gasteiger partial charge in [-0.1, -0.05) is 17.7 Å². The first kappa shape index (κ1) is 19.5. The molecule has 1 saturated heterocycles. The number of benzene rings is 1. The van der Waals surface area contributed by atoms with E-state index in [9.17, 15) is 8.42 Å². The predicted molar refractivity (Wildman–Crippen MR) is 104 cm³/mol. The van der Waals surface area contributed by atoms with Crippen molar-refractivity contribution in [1.29, 1.82) is 0 Å². The minimum absolute atomic E-state index is 0.349. The fraction of sp³-hybridized carbons (Fsp3) is 0.588. The van der Waals surface area contributed by atoms with Crippen LogP contribution in [0.3, 0.4) is 0 Å². The van der Waals surface area contributed by atoms with Crippen molar-refractivity contribution >= 4 is 21.7 Å². The van der Waals surface area contributed by atoms with Crippen LogP contribution in [0, 0.1) is 6.92 Å². The van der Waals surface area contributed by atoms with E-state index in [2.05, 4.69) is 56.4 Å². The lowest BCUT2D eigenvalue weighted by Gasteiger charge is -2.20. The molecule has 1 heterocycles. The van der Waals surface area contributed by atoms with Gasteiger partial charge in [0.05, 0.1) is 6.26 Å². The van der Waals surface area contributed by atoms with Gasteiger partial charge in [-0.3, -0.25) is 4.99 Å². The molecule has 25 heavy (non-hydrogen) atoms. The van der Waals surface area contributed by atoms with Crippen molar-refractivity contribution in [3.05, 3.63) is 29.8 Å². The van der Waals surface area contributed by atoms with Crippen molar-refractivity contribution < 1.29 is 8.42 Å². The van der Waals surface area contributed by atoms with Gasteiger partial charge in [0.2, 0.25) is 10.0 Å². The summed E-state index contributed by atoms with van der Waals surface area (Å²) in [5, 5.41) is 6.67. The molecule has 1 fully saturated rings. The monoisotopic (exact) mass is 367 g/mol. The van der Waals surface area contributed by atoms with Crippen molar-refractivity contribution in [1.82, 2.24) is 15.4 Å². The van der Waals surface area contributed by atoms with Crippen LogP contribution in [-0.4, -0.2) is 59.9 Å². The summed E-state index contributed by atoms with van der Waals surface area (Å²) < 4.78 is 24.5. The second kappa shape index (κ2) is 9.05. The Morgan fingerprint density at radius 3 is 2.64 bits per heavy atom. The van der Waals surface area contributed by atoms with Crippen LogP contribution in [-0.2, 0) is 10.0 Å². The summed E-state index contributed by atoms with van der Waals surface area (Å²) in [6.07, 6.45) is 2.93. The maximum atomic E-state index is 11.0. The molecule has 0 spiro atoms. The van der Waals surface area contributed by atoms with Crippen molar-refractivity contribution in [2.45, 2.75) is 25.8 Å². The SMILES string of the molecule is CN=C(NCCCNS(C)(=O)=O)NC1CCN(c2ccc(C)cc2)C1. The van der Waals surface area contributed by atoms with Gasteiger partial charge >= 0.3 is 0 Å². The van der Waals surface area contributed by atoms with Gasteiger partial charge in [-0.2, -0.15) is 0 Å². The van der Waals surface area contributed by atoms with E-state index in [4.69, 9.17) is 0 Å². The molecule has 1 aromatic rings. The molecule has 1 aliphatic heterocycles. The molecule has 0 bridgehead atoms. The van der Waals surface area contributed by atoms with Crippen LogP contribution >= 0.6 is 0 Å². The average Bonchev–Trinajstić information content (AvgIpc) is 3.01. The van der Waals surface area contributed by atoms with Crippen LogP contribution in [0.4, 0.5) is 5.69 Å². The molecule has 3 N–H and O–H groups in total. The number of hydrogen-bond acceptors (Lipinski definition) is 4. The second-order valence-corrected chi connectivity index (χ2v) is 8.26. The van der Waals surface area contributed by atoms with Gasteiger partial charge in [0, 0.05) is 45.0 Å². The highest BCUT2D eigenvalue weighted by Gasteiger charge is 2.23. The number of rotatable bonds is 7. The lowest BCUT2D eigenvalue weighted by molar-refractivity contribution is 0.583. The van der Waals surface area contributed by atoms with Crippen molar-refractivity contribution in [3.8, 4) is 0 Å². The third kappa shape index (κ3) is 6.91. The number of aryl methyl sites for hydroxylation is 1. The molecule has 0 radical (unpaired) electrons. The maximum absolute atomic E-state index is 11.0. The Morgan fingerprint density at radius 1 is 1.28 bits per heavy atom. The summed E-state index contributed by atoms with van der Waals surface area (Å²) in [4.78, 5) is 6.62. The Bertz CT molecular complexity index is 673. The zero-order valence-corrected chi connectivity index (χ0v) is 16.1. The van der Waals surface area contributed by atoms with Gasteiger partial charge in [-0.15, -0.1) is 0 Å². The van der Waals surface area contributed by atoms with Gasteiger partial charge in [0.1, 0.15) is 0 Å². The molecule has 0 saturated carbocycles. The zero-order chi connectivity index (χ0) is 18.3. The number of hydrogen-bond donors (Lipinski definition) is 3. The molecular weight excluding hydrogens is 338 g/mol. The highest BCUT2D eigenvalue weighted by Crippen LogP contribution is 2.20. The van der Waals surface area contributed by atoms with Crippen molar-refractivity contribution in [3.63, 3.8) is 0 Å². The fourth-order valence-corrected chi connectivity index (χ4v) is 3.32. The topological polar surface area (TPSA) is 85.8 Å². The minimum Gasteiger partial charge on any atom is -0.369 e. The summed E-state index contributed by atoms with van der Waals surface area (Å²) in [6, 6.07) is 8.96.